The number of fused-ring (bicyclic) bond motifs is 1. The van der Waals surface area contributed by atoms with Gasteiger partial charge in [-0.2, -0.15) is 4.98 Å². The van der Waals surface area contributed by atoms with Gasteiger partial charge in [-0.05, 0) is 29.7 Å². The predicted octanol–water partition coefficient (Wildman–Crippen LogP) is 2.57. The van der Waals surface area contributed by atoms with Crippen molar-refractivity contribution in [1.29, 1.82) is 0 Å². The molecule has 9 nitrogen and oxygen atoms in total. The lowest BCUT2D eigenvalue weighted by Crippen LogP contribution is -2.54. The molecule has 4 rings (SSSR count). The lowest BCUT2D eigenvalue weighted by atomic mass is 9.92. The number of benzene rings is 1. The van der Waals surface area contributed by atoms with E-state index >= 15 is 0 Å². The number of hydrazine groups is 1. The Balaban J connectivity index is 1.48. The van der Waals surface area contributed by atoms with Crippen molar-refractivity contribution < 1.29 is 14.1 Å². The van der Waals surface area contributed by atoms with Gasteiger partial charge in [0.2, 0.25) is 11.7 Å². The van der Waals surface area contributed by atoms with E-state index in [0.29, 0.717) is 25.2 Å². The maximum absolute atomic E-state index is 13.0. The Labute approximate surface area is 179 Å². The van der Waals surface area contributed by atoms with Gasteiger partial charge in [-0.1, -0.05) is 43.3 Å². The molecule has 0 saturated heterocycles. The molecule has 3 heterocycles. The van der Waals surface area contributed by atoms with Gasteiger partial charge in [0.1, 0.15) is 6.04 Å². The minimum absolute atomic E-state index is 0.0325. The van der Waals surface area contributed by atoms with Crippen LogP contribution in [0, 0.1) is 5.92 Å². The van der Waals surface area contributed by atoms with Gasteiger partial charge < -0.3 is 9.42 Å². The van der Waals surface area contributed by atoms with Crippen molar-refractivity contribution in [3.63, 3.8) is 0 Å². The molecule has 2 aromatic heterocycles. The van der Waals surface area contributed by atoms with Crippen LogP contribution >= 0.6 is 0 Å². The van der Waals surface area contributed by atoms with E-state index in [1.165, 1.54) is 0 Å². The van der Waals surface area contributed by atoms with Crippen molar-refractivity contribution in [2.75, 3.05) is 5.43 Å². The number of pyridine rings is 1. The van der Waals surface area contributed by atoms with Gasteiger partial charge in [0.05, 0.1) is 0 Å². The third-order valence-corrected chi connectivity index (χ3v) is 5.53. The molecular weight excluding hydrogens is 396 g/mol. The van der Waals surface area contributed by atoms with Crippen LogP contribution in [0.1, 0.15) is 31.4 Å². The molecule has 0 radical (unpaired) electrons. The summed E-state index contributed by atoms with van der Waals surface area (Å²) in [6.07, 6.45) is 4.41. The quantitative estimate of drug-likeness (QED) is 0.589. The molecule has 0 saturated carbocycles. The molecule has 31 heavy (non-hydrogen) atoms. The van der Waals surface area contributed by atoms with E-state index in [4.69, 9.17) is 4.52 Å². The van der Waals surface area contributed by atoms with E-state index in [9.17, 15) is 9.59 Å². The molecule has 1 aliphatic heterocycles. The first-order valence-electron chi connectivity index (χ1n) is 10.2. The molecular formula is C22H24N6O3. The summed E-state index contributed by atoms with van der Waals surface area (Å²) in [6.45, 7) is 4.26. The number of carbonyl (C=O) groups excluding carboxylic acids is 2. The zero-order valence-electron chi connectivity index (χ0n) is 17.4. The highest BCUT2D eigenvalue weighted by atomic mass is 16.5. The van der Waals surface area contributed by atoms with Gasteiger partial charge in [0.15, 0.2) is 0 Å². The molecule has 3 aromatic rings. The molecule has 160 valence electrons. The fourth-order valence-electron chi connectivity index (χ4n) is 3.54. The van der Waals surface area contributed by atoms with Crippen LogP contribution in [0.5, 0.6) is 0 Å². The normalized spacial score (nSPS) is 16.3. The minimum Gasteiger partial charge on any atom is -0.326 e. The monoisotopic (exact) mass is 420 g/mol. The molecule has 0 bridgehead atoms. The van der Waals surface area contributed by atoms with E-state index in [1.807, 2.05) is 38.1 Å². The molecule has 0 aliphatic carbocycles. The summed E-state index contributed by atoms with van der Waals surface area (Å²) in [7, 11) is 0. The molecule has 2 unspecified atom stereocenters. The average molecular weight is 420 g/mol. The standard InChI is InChI=1S/C22H24N6O3/c1-3-14(2)21(30)28-13-17-7-5-4-6-16(17)12-18(28)20(29)25-26-22-24-19(27-31-22)15-8-10-23-11-9-15/h4-11,14,18H,3,12-13H2,1-2H3,(H,25,29)(H,24,26,27). The predicted molar refractivity (Wildman–Crippen MR) is 113 cm³/mol. The molecule has 2 N–H and O–H groups in total. The van der Waals surface area contributed by atoms with Crippen LogP contribution in [0.4, 0.5) is 6.01 Å². The summed E-state index contributed by atoms with van der Waals surface area (Å²) in [6, 6.07) is 10.8. The number of carbonyl (C=O) groups is 2. The Morgan fingerprint density at radius 1 is 1.19 bits per heavy atom. The first-order valence-corrected chi connectivity index (χ1v) is 10.2. The second-order valence-electron chi connectivity index (χ2n) is 7.54. The summed E-state index contributed by atoms with van der Waals surface area (Å²) in [5, 5.41) is 3.89. The molecule has 0 fully saturated rings. The average Bonchev–Trinajstić information content (AvgIpc) is 3.30. The summed E-state index contributed by atoms with van der Waals surface area (Å²) in [5.74, 6) is -0.156. The van der Waals surface area contributed by atoms with Crippen LogP contribution in [-0.2, 0) is 22.6 Å². The van der Waals surface area contributed by atoms with E-state index in [1.54, 1.807) is 29.4 Å². The minimum atomic E-state index is -0.633. The highest BCUT2D eigenvalue weighted by Crippen LogP contribution is 2.25. The van der Waals surface area contributed by atoms with E-state index in [-0.39, 0.29) is 23.7 Å². The smallest absolute Gasteiger partial charge is 0.326 e. The van der Waals surface area contributed by atoms with E-state index in [0.717, 1.165) is 16.7 Å². The maximum Gasteiger partial charge on any atom is 0.340 e. The Morgan fingerprint density at radius 3 is 2.68 bits per heavy atom. The van der Waals surface area contributed by atoms with Crippen LogP contribution in [0.2, 0.25) is 0 Å². The maximum atomic E-state index is 13.0. The second-order valence-corrected chi connectivity index (χ2v) is 7.54. The number of rotatable bonds is 6. The first-order chi connectivity index (χ1) is 15.1. The van der Waals surface area contributed by atoms with E-state index < -0.39 is 6.04 Å². The summed E-state index contributed by atoms with van der Waals surface area (Å²) < 4.78 is 5.16. The first kappa shape index (κ1) is 20.5. The largest absolute Gasteiger partial charge is 0.340 e. The molecule has 1 aliphatic rings. The van der Waals surface area contributed by atoms with E-state index in [2.05, 4.69) is 26.0 Å². The topological polar surface area (TPSA) is 113 Å². The second kappa shape index (κ2) is 8.95. The van der Waals surface area contributed by atoms with Crippen LogP contribution in [-0.4, -0.2) is 37.9 Å². The number of nitrogens with one attached hydrogen (secondary N) is 2. The van der Waals surface area contributed by atoms with Gasteiger partial charge >= 0.3 is 6.01 Å². The summed E-state index contributed by atoms with van der Waals surface area (Å²) in [5.41, 5.74) is 8.15. The van der Waals surface area contributed by atoms with Gasteiger partial charge in [-0.3, -0.25) is 20.0 Å². The summed E-state index contributed by atoms with van der Waals surface area (Å²) >= 11 is 0. The van der Waals surface area contributed by atoms with Crippen molar-refractivity contribution >= 4 is 17.8 Å². The Morgan fingerprint density at radius 2 is 1.94 bits per heavy atom. The molecule has 0 spiro atoms. The van der Waals surface area contributed by atoms with Crippen molar-refractivity contribution in [1.82, 2.24) is 25.5 Å². The van der Waals surface area contributed by atoms with Gasteiger partial charge in [0, 0.05) is 36.8 Å². The highest BCUT2D eigenvalue weighted by Gasteiger charge is 2.36. The fraction of sp³-hybridized carbons (Fsp3) is 0.318. The van der Waals surface area contributed by atoms with Crippen LogP contribution in [0.25, 0.3) is 11.4 Å². The lowest BCUT2D eigenvalue weighted by molar-refractivity contribution is -0.144. The molecule has 2 amide bonds. The lowest BCUT2D eigenvalue weighted by Gasteiger charge is -2.37. The fourth-order valence-corrected chi connectivity index (χ4v) is 3.54. The Bertz CT molecular complexity index is 1070. The third kappa shape index (κ3) is 4.40. The van der Waals surface area contributed by atoms with Crippen LogP contribution in [0.15, 0.2) is 53.3 Å². The van der Waals surface area contributed by atoms with Crippen molar-refractivity contribution in [3.05, 3.63) is 59.9 Å². The van der Waals surface area contributed by atoms with Gasteiger partial charge in [-0.15, -0.1) is 0 Å². The zero-order chi connectivity index (χ0) is 21.8. The third-order valence-electron chi connectivity index (χ3n) is 5.53. The SMILES string of the molecule is CCC(C)C(=O)N1Cc2ccccc2CC1C(=O)NNc1nc(-c2ccncc2)no1. The number of amides is 2. The van der Waals surface area contributed by atoms with Crippen LogP contribution < -0.4 is 10.9 Å². The van der Waals surface area contributed by atoms with Crippen molar-refractivity contribution in [2.45, 2.75) is 39.3 Å². The number of nitrogens with zero attached hydrogens (tertiary/aromatic N) is 4. The highest BCUT2D eigenvalue weighted by molar-refractivity contribution is 5.89. The van der Waals surface area contributed by atoms with Gasteiger partial charge in [-0.25, -0.2) is 5.43 Å². The Kier molecular flexibility index (Phi) is 5.92. The van der Waals surface area contributed by atoms with Crippen LogP contribution in [0.3, 0.4) is 0 Å². The zero-order valence-corrected chi connectivity index (χ0v) is 17.4. The number of hydrogen-bond acceptors (Lipinski definition) is 7. The van der Waals surface area contributed by atoms with Gasteiger partial charge in [0.25, 0.3) is 5.91 Å². The molecule has 9 heteroatoms. The Hall–Kier alpha value is -3.75. The van der Waals surface area contributed by atoms with Crippen molar-refractivity contribution in [3.8, 4) is 11.4 Å². The number of hydrogen-bond donors (Lipinski definition) is 2. The number of anilines is 1. The van der Waals surface area contributed by atoms with Crippen molar-refractivity contribution in [2.24, 2.45) is 5.92 Å². The number of aromatic nitrogens is 3. The molecule has 1 aromatic carbocycles. The molecule has 2 atom stereocenters. The summed E-state index contributed by atoms with van der Waals surface area (Å²) in [4.78, 5) is 35.8.